The van der Waals surface area contributed by atoms with Gasteiger partial charge in [0, 0.05) is 32.7 Å². The number of carbonyl (C=O) groups excluding carboxylic acids is 2. The van der Waals surface area contributed by atoms with Crippen molar-refractivity contribution in [3.05, 3.63) is 45.7 Å². The van der Waals surface area contributed by atoms with E-state index in [1.165, 1.54) is 7.11 Å². The predicted molar refractivity (Wildman–Crippen MR) is 121 cm³/mol. The zero-order chi connectivity index (χ0) is 22.9. The average Bonchev–Trinajstić information content (AvgIpc) is 3.13. The molecule has 1 aromatic carbocycles. The van der Waals surface area contributed by atoms with E-state index >= 15 is 0 Å². The minimum absolute atomic E-state index is 0.0782. The lowest BCUT2D eigenvalue weighted by Crippen LogP contribution is -2.26. The minimum Gasteiger partial charge on any atom is -0.497 e. The van der Waals surface area contributed by atoms with Gasteiger partial charge in [-0.25, -0.2) is 4.79 Å². The van der Waals surface area contributed by atoms with Gasteiger partial charge in [0.1, 0.15) is 5.75 Å². The Morgan fingerprint density at radius 2 is 2.12 bits per heavy atom. The zero-order valence-electron chi connectivity index (χ0n) is 18.6. The van der Waals surface area contributed by atoms with Gasteiger partial charge in [-0.1, -0.05) is 18.5 Å². The number of halogens is 1. The fraction of sp³-hybridized carbons (Fsp3) is 0.522. The Kier molecular flexibility index (Phi) is 8.93. The fourth-order valence-corrected chi connectivity index (χ4v) is 3.90. The second-order valence-electron chi connectivity index (χ2n) is 7.51. The predicted octanol–water partition coefficient (Wildman–Crippen LogP) is 3.44. The van der Waals surface area contributed by atoms with Crippen LogP contribution < -0.4 is 10.1 Å². The van der Waals surface area contributed by atoms with Crippen LogP contribution in [0.4, 0.5) is 0 Å². The third kappa shape index (κ3) is 6.01. The largest absolute Gasteiger partial charge is 0.497 e. The highest BCUT2D eigenvalue weighted by molar-refractivity contribution is 6.33. The molecule has 0 aliphatic carbocycles. The van der Waals surface area contributed by atoms with Crippen molar-refractivity contribution in [2.45, 2.75) is 45.6 Å². The Hall–Kier alpha value is -2.58. The van der Waals surface area contributed by atoms with Gasteiger partial charge in [-0.15, -0.1) is 0 Å². The van der Waals surface area contributed by atoms with Crippen LogP contribution in [0.5, 0.6) is 5.75 Å². The van der Waals surface area contributed by atoms with Crippen molar-refractivity contribution in [2.24, 2.45) is 0 Å². The minimum atomic E-state index is -0.483. The van der Waals surface area contributed by atoms with Crippen molar-refractivity contribution in [1.82, 2.24) is 15.1 Å². The molecule has 0 atom stereocenters. The number of nitrogens with zero attached hydrogens (tertiary/aromatic N) is 2. The summed E-state index contributed by atoms with van der Waals surface area (Å²) < 4.78 is 18.0. The number of nitrogens with one attached hydrogen (secondary N) is 1. The number of esters is 1. The maximum absolute atomic E-state index is 12.8. The van der Waals surface area contributed by atoms with Crippen LogP contribution >= 0.6 is 11.6 Å². The highest BCUT2D eigenvalue weighted by Gasteiger charge is 2.23. The van der Waals surface area contributed by atoms with Crippen LogP contribution in [0.1, 0.15) is 58.3 Å². The molecule has 1 aromatic heterocycles. The number of hydrogen-bond donors (Lipinski definition) is 1. The molecule has 1 aliphatic heterocycles. The Morgan fingerprint density at radius 1 is 1.31 bits per heavy atom. The molecule has 0 unspecified atom stereocenters. The summed E-state index contributed by atoms with van der Waals surface area (Å²) in [4.78, 5) is 25.1. The van der Waals surface area contributed by atoms with Crippen molar-refractivity contribution in [3.8, 4) is 5.75 Å². The van der Waals surface area contributed by atoms with E-state index in [1.54, 1.807) is 18.2 Å². The van der Waals surface area contributed by atoms with Crippen LogP contribution in [-0.2, 0) is 28.9 Å². The summed E-state index contributed by atoms with van der Waals surface area (Å²) in [5.41, 5.74) is 2.68. The van der Waals surface area contributed by atoms with E-state index < -0.39 is 5.97 Å². The lowest BCUT2D eigenvalue weighted by atomic mass is 10.1. The van der Waals surface area contributed by atoms with Gasteiger partial charge in [-0.3, -0.25) is 9.48 Å². The second-order valence-corrected chi connectivity index (χ2v) is 7.91. The molecule has 8 nitrogen and oxygen atoms in total. The van der Waals surface area contributed by atoms with Crippen LogP contribution in [0.15, 0.2) is 18.2 Å². The zero-order valence-corrected chi connectivity index (χ0v) is 19.4. The molecule has 0 saturated carbocycles. The normalized spacial score (nSPS) is 14.8. The summed E-state index contributed by atoms with van der Waals surface area (Å²) in [5.74, 6) is 0.0128. The SMILES string of the molecule is CCc1nn(CCCOC(=O)c2ccc(OC)cc2Cl)c2c1C(=O)NCCCOCCC2. The van der Waals surface area contributed by atoms with E-state index in [1.807, 2.05) is 11.6 Å². The number of benzene rings is 1. The van der Waals surface area contributed by atoms with E-state index in [0.717, 1.165) is 24.2 Å². The first-order valence-corrected chi connectivity index (χ1v) is 11.4. The number of aryl methyl sites for hydroxylation is 2. The second kappa shape index (κ2) is 11.9. The number of ether oxygens (including phenoxy) is 3. The maximum atomic E-state index is 12.8. The Balaban J connectivity index is 1.64. The van der Waals surface area contributed by atoms with Gasteiger partial charge in [0.05, 0.1) is 41.3 Å². The number of methoxy groups -OCH3 is 1. The molecule has 1 aliphatic rings. The molecule has 1 N–H and O–H groups in total. The summed E-state index contributed by atoms with van der Waals surface area (Å²) in [7, 11) is 1.53. The van der Waals surface area contributed by atoms with Gasteiger partial charge in [-0.05, 0) is 43.9 Å². The molecule has 0 spiro atoms. The highest BCUT2D eigenvalue weighted by Crippen LogP contribution is 2.23. The van der Waals surface area contributed by atoms with Gasteiger partial charge in [0.2, 0.25) is 0 Å². The molecule has 32 heavy (non-hydrogen) atoms. The van der Waals surface area contributed by atoms with Crippen molar-refractivity contribution in [3.63, 3.8) is 0 Å². The topological polar surface area (TPSA) is 91.7 Å². The Labute approximate surface area is 193 Å². The van der Waals surface area contributed by atoms with Gasteiger partial charge >= 0.3 is 5.97 Å². The molecular weight excluding hydrogens is 434 g/mol. The third-order valence-electron chi connectivity index (χ3n) is 5.29. The molecule has 1 amide bonds. The molecule has 9 heteroatoms. The van der Waals surface area contributed by atoms with Gasteiger partial charge in [0.15, 0.2) is 0 Å². The van der Waals surface area contributed by atoms with Crippen LogP contribution in [0.2, 0.25) is 5.02 Å². The lowest BCUT2D eigenvalue weighted by Gasteiger charge is -2.10. The number of hydrogen-bond acceptors (Lipinski definition) is 6. The van der Waals surface area contributed by atoms with Gasteiger partial charge in [0.25, 0.3) is 5.91 Å². The average molecular weight is 464 g/mol. The number of carbonyl (C=O) groups is 2. The highest BCUT2D eigenvalue weighted by atomic mass is 35.5. The lowest BCUT2D eigenvalue weighted by molar-refractivity contribution is 0.0494. The van der Waals surface area contributed by atoms with Gasteiger partial charge in [-0.2, -0.15) is 5.10 Å². The standard InChI is InChI=1S/C23H30ClN3O5/c1-3-19-21-20(7-4-12-31-13-5-10-25-22(21)28)27(26-19)11-6-14-32-23(29)17-9-8-16(30-2)15-18(17)24/h8-9,15H,3-7,10-14H2,1-2H3,(H,25,28). The monoisotopic (exact) mass is 463 g/mol. The van der Waals surface area contributed by atoms with Crippen molar-refractivity contribution in [2.75, 3.05) is 33.5 Å². The summed E-state index contributed by atoms with van der Waals surface area (Å²) in [6.45, 7) is 4.63. The van der Waals surface area contributed by atoms with Crippen LogP contribution in [-0.4, -0.2) is 55.1 Å². The van der Waals surface area contributed by atoms with Crippen molar-refractivity contribution >= 4 is 23.5 Å². The van der Waals surface area contributed by atoms with Crippen LogP contribution in [0.25, 0.3) is 0 Å². The molecule has 2 aromatic rings. The van der Waals surface area contributed by atoms with E-state index in [4.69, 9.17) is 25.8 Å². The third-order valence-corrected chi connectivity index (χ3v) is 5.60. The van der Waals surface area contributed by atoms with E-state index in [2.05, 4.69) is 10.4 Å². The first-order valence-electron chi connectivity index (χ1n) is 11.0. The van der Waals surface area contributed by atoms with E-state index in [-0.39, 0.29) is 17.5 Å². The first kappa shape index (κ1) is 24.1. The molecule has 0 fully saturated rings. The fourth-order valence-electron chi connectivity index (χ4n) is 3.65. The maximum Gasteiger partial charge on any atom is 0.339 e. The Bertz CT molecular complexity index is 944. The summed E-state index contributed by atoms with van der Waals surface area (Å²) >= 11 is 6.15. The molecule has 0 saturated heterocycles. The summed E-state index contributed by atoms with van der Waals surface area (Å²) in [6.07, 6.45) is 3.55. The molecule has 2 heterocycles. The van der Waals surface area contributed by atoms with E-state index in [9.17, 15) is 9.59 Å². The number of fused-ring (bicyclic) bond motifs is 1. The molecule has 0 bridgehead atoms. The molecule has 174 valence electrons. The molecule has 3 rings (SSSR count). The quantitative estimate of drug-likeness (QED) is 0.499. The van der Waals surface area contributed by atoms with E-state index in [0.29, 0.717) is 62.4 Å². The van der Waals surface area contributed by atoms with Gasteiger partial charge < -0.3 is 19.5 Å². The number of amides is 1. The number of aromatic nitrogens is 2. The summed E-state index contributed by atoms with van der Waals surface area (Å²) in [5, 5.41) is 7.94. The smallest absolute Gasteiger partial charge is 0.339 e. The molecule has 0 radical (unpaired) electrons. The van der Waals surface area contributed by atoms with Crippen molar-refractivity contribution in [1.29, 1.82) is 0 Å². The van der Waals surface area contributed by atoms with Crippen LogP contribution in [0.3, 0.4) is 0 Å². The Morgan fingerprint density at radius 3 is 2.88 bits per heavy atom. The first-order chi connectivity index (χ1) is 15.5. The number of rotatable bonds is 7. The summed E-state index contributed by atoms with van der Waals surface area (Å²) in [6, 6.07) is 4.83. The molecular formula is C23H30ClN3O5. The van der Waals surface area contributed by atoms with Crippen molar-refractivity contribution < 1.29 is 23.8 Å². The van der Waals surface area contributed by atoms with Crippen LogP contribution in [0, 0.1) is 0 Å².